The van der Waals surface area contributed by atoms with Gasteiger partial charge in [0, 0.05) is 12.6 Å². The monoisotopic (exact) mass is 139 g/mol. The molecule has 2 aliphatic rings. The van der Waals surface area contributed by atoms with Gasteiger partial charge in [-0.1, -0.05) is 11.8 Å². The van der Waals surface area contributed by atoms with E-state index in [0.717, 1.165) is 5.03 Å². The summed E-state index contributed by atoms with van der Waals surface area (Å²) >= 11 is 1.60. The molecule has 9 heavy (non-hydrogen) atoms. The lowest BCUT2D eigenvalue weighted by molar-refractivity contribution is -0.124. The third-order valence-corrected chi connectivity index (χ3v) is 2.22. The van der Waals surface area contributed by atoms with Gasteiger partial charge in [-0.15, -0.1) is 0 Å². The molecule has 0 aromatic rings. The maximum atomic E-state index is 10.9. The van der Waals surface area contributed by atoms with Gasteiger partial charge in [-0.05, 0) is 11.5 Å². The Bertz CT molecular complexity index is 219. The van der Waals surface area contributed by atoms with Crippen molar-refractivity contribution in [2.24, 2.45) is 0 Å². The van der Waals surface area contributed by atoms with Gasteiger partial charge in [-0.2, -0.15) is 0 Å². The van der Waals surface area contributed by atoms with Gasteiger partial charge < -0.3 is 0 Å². The SMILES string of the molecule is O=C1CC=C2SC=CN12. The van der Waals surface area contributed by atoms with Gasteiger partial charge in [-0.3, -0.25) is 9.69 Å². The minimum atomic E-state index is 0.186. The molecular weight excluding hydrogens is 134 g/mol. The summed E-state index contributed by atoms with van der Waals surface area (Å²) in [6.45, 7) is 0. The molecule has 0 N–H and O–H groups in total. The van der Waals surface area contributed by atoms with Gasteiger partial charge in [0.2, 0.25) is 5.91 Å². The zero-order valence-corrected chi connectivity index (χ0v) is 5.52. The third-order valence-electron chi connectivity index (χ3n) is 1.36. The molecule has 0 radical (unpaired) electrons. The lowest BCUT2D eigenvalue weighted by atomic mass is 10.4. The van der Waals surface area contributed by atoms with Crippen molar-refractivity contribution in [3.63, 3.8) is 0 Å². The zero-order valence-electron chi connectivity index (χ0n) is 4.70. The van der Waals surface area contributed by atoms with Gasteiger partial charge >= 0.3 is 0 Å². The summed E-state index contributed by atoms with van der Waals surface area (Å²) in [5.74, 6) is 0.186. The average Bonchev–Trinajstić information content (AvgIpc) is 2.35. The van der Waals surface area contributed by atoms with Crippen LogP contribution in [0.4, 0.5) is 0 Å². The molecule has 2 rings (SSSR count). The normalized spacial score (nSPS) is 22.9. The van der Waals surface area contributed by atoms with Crippen molar-refractivity contribution >= 4 is 17.7 Å². The lowest BCUT2D eigenvalue weighted by Gasteiger charge is -2.05. The Hall–Kier alpha value is -0.700. The van der Waals surface area contributed by atoms with E-state index < -0.39 is 0 Å². The number of hydrogen-bond acceptors (Lipinski definition) is 2. The Morgan fingerprint density at radius 1 is 1.67 bits per heavy atom. The molecule has 0 bridgehead atoms. The quantitative estimate of drug-likeness (QED) is 0.504. The number of carbonyl (C=O) groups is 1. The Balaban J connectivity index is 2.36. The smallest absolute Gasteiger partial charge is 0.235 e. The molecule has 0 saturated carbocycles. The number of fused-ring (bicyclic) bond motifs is 1. The molecule has 0 spiro atoms. The number of amides is 1. The van der Waals surface area contributed by atoms with Crippen LogP contribution in [-0.2, 0) is 4.79 Å². The highest BCUT2D eigenvalue weighted by Crippen LogP contribution is 2.33. The molecule has 0 aliphatic carbocycles. The summed E-state index contributed by atoms with van der Waals surface area (Å²) < 4.78 is 0. The molecular formula is C6H5NOS. The van der Waals surface area contributed by atoms with E-state index in [1.807, 2.05) is 17.7 Å². The Morgan fingerprint density at radius 2 is 2.56 bits per heavy atom. The van der Waals surface area contributed by atoms with Gasteiger partial charge in [-0.25, -0.2) is 0 Å². The molecule has 3 heteroatoms. The highest BCUT2D eigenvalue weighted by Gasteiger charge is 2.24. The molecule has 0 aromatic heterocycles. The second-order valence-electron chi connectivity index (χ2n) is 1.91. The fraction of sp³-hybridized carbons (Fsp3) is 0.167. The number of hydrogen-bond donors (Lipinski definition) is 0. The number of carbonyl (C=O) groups excluding carboxylic acids is 1. The predicted octanol–water partition coefficient (Wildman–Crippen LogP) is 1.28. The van der Waals surface area contributed by atoms with Crippen LogP contribution in [0.15, 0.2) is 22.7 Å². The van der Waals surface area contributed by atoms with Gasteiger partial charge in [0.05, 0.1) is 5.03 Å². The molecule has 1 amide bonds. The summed E-state index contributed by atoms with van der Waals surface area (Å²) in [6, 6.07) is 0. The molecule has 0 aromatic carbocycles. The summed E-state index contributed by atoms with van der Waals surface area (Å²) in [7, 11) is 0. The Morgan fingerprint density at radius 3 is 3.33 bits per heavy atom. The topological polar surface area (TPSA) is 20.3 Å². The van der Waals surface area contributed by atoms with E-state index >= 15 is 0 Å². The lowest BCUT2D eigenvalue weighted by Crippen LogP contribution is -2.14. The van der Waals surface area contributed by atoms with E-state index in [1.54, 1.807) is 16.7 Å². The highest BCUT2D eigenvalue weighted by molar-refractivity contribution is 8.06. The third kappa shape index (κ3) is 0.612. The van der Waals surface area contributed by atoms with Crippen LogP contribution in [-0.4, -0.2) is 10.8 Å². The standard InChI is InChI=1S/C6H5NOS/c8-5-1-2-6-7(5)3-4-9-6/h2-4H,1H2. The van der Waals surface area contributed by atoms with Gasteiger partial charge in [0.25, 0.3) is 0 Å². The van der Waals surface area contributed by atoms with Crippen molar-refractivity contribution in [1.29, 1.82) is 0 Å². The molecule has 0 fully saturated rings. The summed E-state index contributed by atoms with van der Waals surface area (Å²) in [6.07, 6.45) is 4.34. The second kappa shape index (κ2) is 1.64. The van der Waals surface area contributed by atoms with Crippen molar-refractivity contribution in [3.05, 3.63) is 22.7 Å². The maximum absolute atomic E-state index is 10.9. The first-order chi connectivity index (χ1) is 4.38. The first kappa shape index (κ1) is 5.11. The first-order valence-corrected chi connectivity index (χ1v) is 3.61. The van der Waals surface area contributed by atoms with Crippen LogP contribution in [0.3, 0.4) is 0 Å². The Labute approximate surface area is 57.2 Å². The fourth-order valence-electron chi connectivity index (χ4n) is 0.917. The first-order valence-electron chi connectivity index (χ1n) is 2.73. The molecule has 46 valence electrons. The molecule has 2 heterocycles. The van der Waals surface area contributed by atoms with Crippen molar-refractivity contribution in [3.8, 4) is 0 Å². The summed E-state index contributed by atoms with van der Waals surface area (Å²) in [5, 5.41) is 2.99. The number of nitrogens with zero attached hydrogens (tertiary/aromatic N) is 1. The highest BCUT2D eigenvalue weighted by atomic mass is 32.2. The second-order valence-corrected chi connectivity index (χ2v) is 2.84. The van der Waals surface area contributed by atoms with Crippen LogP contribution in [0.1, 0.15) is 6.42 Å². The van der Waals surface area contributed by atoms with Crippen molar-refractivity contribution in [2.45, 2.75) is 6.42 Å². The average molecular weight is 139 g/mol. The number of rotatable bonds is 0. The van der Waals surface area contributed by atoms with Crippen LogP contribution in [0.2, 0.25) is 0 Å². The van der Waals surface area contributed by atoms with Crippen LogP contribution < -0.4 is 0 Å². The maximum Gasteiger partial charge on any atom is 0.235 e. The largest absolute Gasteiger partial charge is 0.281 e. The summed E-state index contributed by atoms with van der Waals surface area (Å²) in [5.41, 5.74) is 0. The van der Waals surface area contributed by atoms with E-state index in [9.17, 15) is 4.79 Å². The van der Waals surface area contributed by atoms with E-state index in [2.05, 4.69) is 0 Å². The van der Waals surface area contributed by atoms with Crippen LogP contribution >= 0.6 is 11.8 Å². The van der Waals surface area contributed by atoms with Crippen molar-refractivity contribution < 1.29 is 4.79 Å². The molecule has 0 atom stereocenters. The van der Waals surface area contributed by atoms with Crippen LogP contribution in [0, 0.1) is 0 Å². The minimum absolute atomic E-state index is 0.186. The predicted molar refractivity (Wildman–Crippen MR) is 36.3 cm³/mol. The van der Waals surface area contributed by atoms with E-state index in [4.69, 9.17) is 0 Å². The molecule has 0 unspecified atom stereocenters. The van der Waals surface area contributed by atoms with E-state index in [-0.39, 0.29) is 5.91 Å². The van der Waals surface area contributed by atoms with E-state index in [1.165, 1.54) is 0 Å². The van der Waals surface area contributed by atoms with Gasteiger partial charge in [0.1, 0.15) is 0 Å². The van der Waals surface area contributed by atoms with E-state index in [0.29, 0.717) is 6.42 Å². The van der Waals surface area contributed by atoms with Crippen molar-refractivity contribution in [1.82, 2.24) is 4.90 Å². The zero-order chi connectivity index (χ0) is 6.27. The van der Waals surface area contributed by atoms with Crippen molar-refractivity contribution in [2.75, 3.05) is 0 Å². The fourth-order valence-corrected chi connectivity index (χ4v) is 1.69. The molecule has 0 saturated heterocycles. The van der Waals surface area contributed by atoms with Gasteiger partial charge in [0.15, 0.2) is 0 Å². The summed E-state index contributed by atoms with van der Waals surface area (Å²) in [4.78, 5) is 12.6. The molecule has 2 aliphatic heterocycles. The van der Waals surface area contributed by atoms with Crippen LogP contribution in [0.25, 0.3) is 0 Å². The molecule has 2 nitrogen and oxygen atoms in total. The number of thioether (sulfide) groups is 1. The Kier molecular flexibility index (Phi) is 0.931. The van der Waals surface area contributed by atoms with Crippen LogP contribution in [0.5, 0.6) is 0 Å². The minimum Gasteiger partial charge on any atom is -0.281 e.